The van der Waals surface area contributed by atoms with Crippen LogP contribution in [0.4, 0.5) is 5.82 Å². The van der Waals surface area contributed by atoms with Gasteiger partial charge in [0.05, 0.1) is 12.1 Å². The van der Waals surface area contributed by atoms with E-state index in [9.17, 15) is 4.79 Å². The first-order valence-corrected chi connectivity index (χ1v) is 6.59. The molecule has 1 heterocycles. The van der Waals surface area contributed by atoms with Crippen LogP contribution in [-0.2, 0) is 11.2 Å². The summed E-state index contributed by atoms with van der Waals surface area (Å²) in [6, 6.07) is 11.0. The number of hydrogen-bond acceptors (Lipinski definition) is 3. The van der Waals surface area contributed by atoms with E-state index in [-0.39, 0.29) is 5.91 Å². The van der Waals surface area contributed by atoms with Crippen LogP contribution in [0.2, 0.25) is 5.02 Å². The van der Waals surface area contributed by atoms with Crippen molar-refractivity contribution in [2.24, 2.45) is 0 Å². The number of carbonyl (C=O) groups excluding carboxylic acids is 1. The number of aromatic nitrogens is 1. The molecule has 2 rings (SSSR count). The van der Waals surface area contributed by atoms with E-state index in [1.54, 1.807) is 19.2 Å². The normalized spacial score (nSPS) is 10.1. The molecule has 0 spiro atoms. The van der Waals surface area contributed by atoms with Gasteiger partial charge in [-0.3, -0.25) is 4.79 Å². The number of ether oxygens (including phenoxy) is 1. The van der Waals surface area contributed by atoms with Crippen LogP contribution in [0, 0.1) is 0 Å². The third kappa shape index (κ3) is 4.24. The van der Waals surface area contributed by atoms with Crippen molar-refractivity contribution in [2.75, 3.05) is 12.4 Å². The highest BCUT2D eigenvalue weighted by Gasteiger charge is 2.04. The lowest BCUT2D eigenvalue weighted by molar-refractivity contribution is -0.116. The molecule has 0 aliphatic rings. The smallest absolute Gasteiger partial charge is 0.225 e. The Morgan fingerprint density at radius 1 is 1.25 bits per heavy atom. The predicted molar refractivity (Wildman–Crippen MR) is 79.2 cm³/mol. The first-order valence-electron chi connectivity index (χ1n) is 6.22. The van der Waals surface area contributed by atoms with Crippen molar-refractivity contribution < 1.29 is 9.53 Å². The lowest BCUT2D eigenvalue weighted by Gasteiger charge is -2.05. The highest BCUT2D eigenvalue weighted by Crippen LogP contribution is 2.13. The molecule has 0 saturated heterocycles. The monoisotopic (exact) mass is 290 g/mol. The van der Waals surface area contributed by atoms with Crippen LogP contribution in [0.1, 0.15) is 12.0 Å². The molecule has 4 nitrogen and oxygen atoms in total. The maximum absolute atomic E-state index is 11.8. The van der Waals surface area contributed by atoms with Gasteiger partial charge >= 0.3 is 0 Å². The molecule has 1 amide bonds. The summed E-state index contributed by atoms with van der Waals surface area (Å²) in [4.78, 5) is 15.8. The maximum Gasteiger partial charge on any atom is 0.225 e. The van der Waals surface area contributed by atoms with Crippen LogP contribution in [0.3, 0.4) is 0 Å². The number of aryl methyl sites for hydroxylation is 1. The molecule has 0 atom stereocenters. The largest absolute Gasteiger partial charge is 0.497 e. The van der Waals surface area contributed by atoms with Gasteiger partial charge in [-0.2, -0.15) is 0 Å². The van der Waals surface area contributed by atoms with Gasteiger partial charge in [0.2, 0.25) is 5.91 Å². The second kappa shape index (κ2) is 6.91. The number of hydrogen-bond donors (Lipinski definition) is 1. The quantitative estimate of drug-likeness (QED) is 0.919. The summed E-state index contributed by atoms with van der Waals surface area (Å²) >= 11 is 5.73. The molecule has 20 heavy (non-hydrogen) atoms. The van der Waals surface area contributed by atoms with Crippen LogP contribution in [0.25, 0.3) is 0 Å². The van der Waals surface area contributed by atoms with Gasteiger partial charge in [-0.05, 0) is 36.2 Å². The summed E-state index contributed by atoms with van der Waals surface area (Å²) in [7, 11) is 1.63. The first kappa shape index (κ1) is 14.3. The van der Waals surface area contributed by atoms with Crippen molar-refractivity contribution >= 4 is 23.3 Å². The minimum Gasteiger partial charge on any atom is -0.497 e. The summed E-state index contributed by atoms with van der Waals surface area (Å²) < 4.78 is 5.09. The van der Waals surface area contributed by atoms with Crippen molar-refractivity contribution in [3.05, 3.63) is 53.2 Å². The molecule has 0 radical (unpaired) electrons. The number of carbonyl (C=O) groups is 1. The lowest BCUT2D eigenvalue weighted by Crippen LogP contribution is -2.13. The second-order valence-electron chi connectivity index (χ2n) is 4.26. The fourth-order valence-corrected chi connectivity index (χ4v) is 1.82. The van der Waals surface area contributed by atoms with Crippen molar-refractivity contribution in [3.63, 3.8) is 0 Å². The molecule has 1 aromatic heterocycles. The third-order valence-electron chi connectivity index (χ3n) is 2.79. The molecule has 1 aromatic carbocycles. The zero-order valence-corrected chi connectivity index (χ0v) is 11.9. The molecule has 104 valence electrons. The summed E-state index contributed by atoms with van der Waals surface area (Å²) in [5.74, 6) is 1.24. The van der Waals surface area contributed by atoms with Crippen LogP contribution in [0.5, 0.6) is 5.75 Å². The Morgan fingerprint density at radius 3 is 2.60 bits per heavy atom. The van der Waals surface area contributed by atoms with E-state index in [0.717, 1.165) is 11.3 Å². The molecular formula is C15H15ClN2O2. The number of nitrogens with zero attached hydrogens (tertiary/aromatic N) is 1. The van der Waals surface area contributed by atoms with Gasteiger partial charge < -0.3 is 10.1 Å². The molecular weight excluding hydrogens is 276 g/mol. The van der Waals surface area contributed by atoms with E-state index in [2.05, 4.69) is 10.3 Å². The van der Waals surface area contributed by atoms with Crippen LogP contribution >= 0.6 is 11.6 Å². The Morgan fingerprint density at radius 2 is 2.00 bits per heavy atom. The standard InChI is InChI=1S/C15H15ClN2O2/c1-20-13-6-2-11(3-7-13)4-9-15(19)18-14-8-5-12(16)10-17-14/h2-3,5-8,10H,4,9H2,1H3,(H,17,18,19). The molecule has 0 unspecified atom stereocenters. The van der Waals surface area contributed by atoms with E-state index in [1.807, 2.05) is 24.3 Å². The van der Waals surface area contributed by atoms with Gasteiger partial charge in [0.25, 0.3) is 0 Å². The number of nitrogens with one attached hydrogen (secondary N) is 1. The Bertz CT molecular complexity index is 567. The maximum atomic E-state index is 11.8. The number of methoxy groups -OCH3 is 1. The summed E-state index contributed by atoms with van der Waals surface area (Å²) in [6.07, 6.45) is 2.57. The van der Waals surface area contributed by atoms with E-state index >= 15 is 0 Å². The van der Waals surface area contributed by atoms with Crippen molar-refractivity contribution in [3.8, 4) is 5.75 Å². The van der Waals surface area contributed by atoms with Gasteiger partial charge in [-0.25, -0.2) is 4.98 Å². The minimum absolute atomic E-state index is 0.0735. The minimum atomic E-state index is -0.0735. The van der Waals surface area contributed by atoms with E-state index < -0.39 is 0 Å². The number of pyridine rings is 1. The lowest BCUT2D eigenvalue weighted by atomic mass is 10.1. The Kier molecular flexibility index (Phi) is 4.96. The molecule has 0 saturated carbocycles. The van der Waals surface area contributed by atoms with Gasteiger partial charge in [0.15, 0.2) is 0 Å². The topological polar surface area (TPSA) is 51.2 Å². The SMILES string of the molecule is COc1ccc(CCC(=O)Nc2ccc(Cl)cn2)cc1. The van der Waals surface area contributed by atoms with E-state index in [0.29, 0.717) is 23.7 Å². The zero-order valence-electron chi connectivity index (χ0n) is 11.1. The Labute approximate surface area is 122 Å². The molecule has 1 N–H and O–H groups in total. The number of amides is 1. The second-order valence-corrected chi connectivity index (χ2v) is 4.69. The number of anilines is 1. The third-order valence-corrected chi connectivity index (χ3v) is 3.02. The van der Waals surface area contributed by atoms with Crippen LogP contribution < -0.4 is 10.1 Å². The summed E-state index contributed by atoms with van der Waals surface area (Å²) in [5.41, 5.74) is 1.09. The molecule has 5 heteroatoms. The molecule has 0 fully saturated rings. The van der Waals surface area contributed by atoms with Crippen molar-refractivity contribution in [1.82, 2.24) is 4.98 Å². The van der Waals surface area contributed by atoms with Crippen molar-refractivity contribution in [1.29, 1.82) is 0 Å². The first-order chi connectivity index (χ1) is 9.67. The molecule has 2 aromatic rings. The Hall–Kier alpha value is -2.07. The highest BCUT2D eigenvalue weighted by molar-refractivity contribution is 6.30. The van der Waals surface area contributed by atoms with Gasteiger partial charge in [0.1, 0.15) is 11.6 Å². The average Bonchev–Trinajstić information content (AvgIpc) is 2.48. The highest BCUT2D eigenvalue weighted by atomic mass is 35.5. The average molecular weight is 291 g/mol. The van der Waals surface area contributed by atoms with Crippen LogP contribution in [-0.4, -0.2) is 18.0 Å². The predicted octanol–water partition coefficient (Wildman–Crippen LogP) is 3.31. The molecule has 0 bridgehead atoms. The molecule has 0 aliphatic heterocycles. The van der Waals surface area contributed by atoms with E-state index in [1.165, 1.54) is 6.20 Å². The number of rotatable bonds is 5. The summed E-state index contributed by atoms with van der Waals surface area (Å²) in [5, 5.41) is 3.27. The van der Waals surface area contributed by atoms with E-state index in [4.69, 9.17) is 16.3 Å². The van der Waals surface area contributed by atoms with Crippen LogP contribution in [0.15, 0.2) is 42.6 Å². The Balaban J connectivity index is 1.83. The van der Waals surface area contributed by atoms with Crippen molar-refractivity contribution in [2.45, 2.75) is 12.8 Å². The summed E-state index contributed by atoms with van der Waals surface area (Å²) in [6.45, 7) is 0. The van der Waals surface area contributed by atoms with Gasteiger partial charge in [0, 0.05) is 12.6 Å². The number of benzene rings is 1. The number of halogens is 1. The van der Waals surface area contributed by atoms with Gasteiger partial charge in [-0.15, -0.1) is 0 Å². The van der Waals surface area contributed by atoms with Gasteiger partial charge in [-0.1, -0.05) is 23.7 Å². The fourth-order valence-electron chi connectivity index (χ4n) is 1.71. The fraction of sp³-hybridized carbons (Fsp3) is 0.200. The zero-order chi connectivity index (χ0) is 14.4. The molecule has 0 aliphatic carbocycles.